The van der Waals surface area contributed by atoms with Crippen LogP contribution in [0.1, 0.15) is 19.3 Å². The first kappa shape index (κ1) is 15.2. The molecule has 0 spiro atoms. The van der Waals surface area contributed by atoms with Gasteiger partial charge in [0.2, 0.25) is 11.8 Å². The van der Waals surface area contributed by atoms with Gasteiger partial charge in [0.05, 0.1) is 0 Å². The van der Waals surface area contributed by atoms with Crippen molar-refractivity contribution < 1.29 is 9.59 Å². The molecule has 6 heteroatoms. The Labute approximate surface area is 127 Å². The predicted octanol–water partition coefficient (Wildman–Crippen LogP) is 2.22. The zero-order chi connectivity index (χ0) is 14.4. The fourth-order valence-corrected chi connectivity index (χ4v) is 2.93. The Kier molecular flexibility index (Phi) is 5.73. The van der Waals surface area contributed by atoms with E-state index in [1.807, 2.05) is 24.3 Å². The fraction of sp³-hybridized carbons (Fsp3) is 0.429. The molecule has 0 aromatic heterocycles. The molecule has 0 bridgehead atoms. The SMILES string of the molecule is O=C1CCC(NC(=O)CCSc2ccc(Cl)cc2)CN1. The summed E-state index contributed by atoms with van der Waals surface area (Å²) in [6, 6.07) is 7.65. The molecule has 0 aliphatic carbocycles. The number of hydrogen-bond donors (Lipinski definition) is 2. The van der Waals surface area contributed by atoms with Gasteiger partial charge in [-0.3, -0.25) is 9.59 Å². The maximum Gasteiger partial charge on any atom is 0.221 e. The number of halogens is 1. The largest absolute Gasteiger partial charge is 0.354 e. The van der Waals surface area contributed by atoms with Crippen LogP contribution in [0, 0.1) is 0 Å². The first-order chi connectivity index (χ1) is 9.63. The van der Waals surface area contributed by atoms with Gasteiger partial charge < -0.3 is 10.6 Å². The molecule has 1 saturated heterocycles. The summed E-state index contributed by atoms with van der Waals surface area (Å²) in [6.45, 7) is 0.537. The van der Waals surface area contributed by atoms with Crippen LogP contribution in [-0.4, -0.2) is 30.2 Å². The average Bonchev–Trinajstić information content (AvgIpc) is 2.44. The maximum atomic E-state index is 11.8. The summed E-state index contributed by atoms with van der Waals surface area (Å²) in [4.78, 5) is 23.9. The van der Waals surface area contributed by atoms with E-state index < -0.39 is 0 Å². The van der Waals surface area contributed by atoms with E-state index in [2.05, 4.69) is 10.6 Å². The van der Waals surface area contributed by atoms with E-state index in [4.69, 9.17) is 11.6 Å². The van der Waals surface area contributed by atoms with E-state index in [0.717, 1.165) is 17.1 Å². The lowest BCUT2D eigenvalue weighted by Crippen LogP contribution is -2.47. The highest BCUT2D eigenvalue weighted by Gasteiger charge is 2.19. The van der Waals surface area contributed by atoms with E-state index in [9.17, 15) is 9.59 Å². The highest BCUT2D eigenvalue weighted by Crippen LogP contribution is 2.20. The number of thioether (sulfide) groups is 1. The van der Waals surface area contributed by atoms with E-state index in [0.29, 0.717) is 24.4 Å². The van der Waals surface area contributed by atoms with Crippen molar-refractivity contribution in [2.45, 2.75) is 30.2 Å². The lowest BCUT2D eigenvalue weighted by molar-refractivity contribution is -0.125. The molecule has 0 saturated carbocycles. The number of nitrogens with one attached hydrogen (secondary N) is 2. The van der Waals surface area contributed by atoms with Crippen LogP contribution in [0.2, 0.25) is 5.02 Å². The predicted molar refractivity (Wildman–Crippen MR) is 81.0 cm³/mol. The van der Waals surface area contributed by atoms with Gasteiger partial charge in [-0.2, -0.15) is 0 Å². The first-order valence-electron chi connectivity index (χ1n) is 6.58. The zero-order valence-corrected chi connectivity index (χ0v) is 12.6. The van der Waals surface area contributed by atoms with Gasteiger partial charge in [-0.25, -0.2) is 0 Å². The highest BCUT2D eigenvalue weighted by molar-refractivity contribution is 7.99. The van der Waals surface area contributed by atoms with Gasteiger partial charge >= 0.3 is 0 Å². The molecule has 1 heterocycles. The normalized spacial score (nSPS) is 18.4. The summed E-state index contributed by atoms with van der Waals surface area (Å²) in [5.41, 5.74) is 0. The first-order valence-corrected chi connectivity index (χ1v) is 7.94. The van der Waals surface area contributed by atoms with Gasteiger partial charge in [-0.15, -0.1) is 11.8 Å². The Morgan fingerprint density at radius 3 is 2.80 bits per heavy atom. The van der Waals surface area contributed by atoms with E-state index in [-0.39, 0.29) is 17.9 Å². The Hall–Kier alpha value is -1.20. The lowest BCUT2D eigenvalue weighted by Gasteiger charge is -2.23. The van der Waals surface area contributed by atoms with Gasteiger partial charge in [-0.1, -0.05) is 11.6 Å². The molecule has 2 rings (SSSR count). The van der Waals surface area contributed by atoms with Crippen molar-refractivity contribution >= 4 is 35.2 Å². The summed E-state index contributed by atoms with van der Waals surface area (Å²) in [5, 5.41) is 6.41. The molecular weight excluding hydrogens is 296 g/mol. The smallest absolute Gasteiger partial charge is 0.221 e. The number of piperidine rings is 1. The van der Waals surface area contributed by atoms with Crippen LogP contribution >= 0.6 is 23.4 Å². The third-order valence-electron chi connectivity index (χ3n) is 3.04. The number of amides is 2. The molecule has 2 N–H and O–H groups in total. The van der Waals surface area contributed by atoms with Crippen molar-refractivity contribution in [1.29, 1.82) is 0 Å². The minimum Gasteiger partial charge on any atom is -0.354 e. The topological polar surface area (TPSA) is 58.2 Å². The van der Waals surface area contributed by atoms with Crippen LogP contribution in [0.25, 0.3) is 0 Å². The number of benzene rings is 1. The average molecular weight is 313 g/mol. The standard InChI is InChI=1S/C14H17ClN2O2S/c15-10-1-4-12(5-2-10)20-8-7-14(19)17-11-3-6-13(18)16-9-11/h1-2,4-5,11H,3,6-9H2,(H,16,18)(H,17,19). The lowest BCUT2D eigenvalue weighted by atomic mass is 10.1. The van der Waals surface area contributed by atoms with Crippen molar-refractivity contribution in [3.63, 3.8) is 0 Å². The Morgan fingerprint density at radius 2 is 2.15 bits per heavy atom. The third-order valence-corrected chi connectivity index (χ3v) is 4.31. The highest BCUT2D eigenvalue weighted by atomic mass is 35.5. The van der Waals surface area contributed by atoms with E-state index in [1.165, 1.54) is 0 Å². The minimum absolute atomic E-state index is 0.0348. The Morgan fingerprint density at radius 1 is 1.40 bits per heavy atom. The van der Waals surface area contributed by atoms with E-state index >= 15 is 0 Å². The summed E-state index contributed by atoms with van der Waals surface area (Å²) >= 11 is 7.44. The molecule has 108 valence electrons. The van der Waals surface area contributed by atoms with Crippen LogP contribution in [0.15, 0.2) is 29.2 Å². The zero-order valence-electron chi connectivity index (χ0n) is 11.0. The van der Waals surface area contributed by atoms with Gasteiger partial charge in [0.1, 0.15) is 0 Å². The number of carbonyl (C=O) groups excluding carboxylic acids is 2. The molecule has 20 heavy (non-hydrogen) atoms. The monoisotopic (exact) mass is 312 g/mol. The number of hydrogen-bond acceptors (Lipinski definition) is 3. The summed E-state index contributed by atoms with van der Waals surface area (Å²) < 4.78 is 0. The molecule has 1 aliphatic rings. The van der Waals surface area contributed by atoms with Crippen LogP contribution in [0.3, 0.4) is 0 Å². The molecule has 1 aromatic rings. The maximum absolute atomic E-state index is 11.8. The molecule has 1 unspecified atom stereocenters. The second kappa shape index (κ2) is 7.55. The molecule has 1 atom stereocenters. The van der Waals surface area contributed by atoms with Gasteiger partial charge in [0.25, 0.3) is 0 Å². The molecule has 1 aliphatic heterocycles. The third kappa shape index (κ3) is 5.06. The number of rotatable bonds is 5. The second-order valence-electron chi connectivity index (χ2n) is 4.66. The molecule has 1 fully saturated rings. The van der Waals surface area contributed by atoms with Crippen LogP contribution in [0.5, 0.6) is 0 Å². The summed E-state index contributed by atoms with van der Waals surface area (Å²) in [5.74, 6) is 0.827. The summed E-state index contributed by atoms with van der Waals surface area (Å²) in [6.07, 6.45) is 1.68. The van der Waals surface area contributed by atoms with Crippen molar-refractivity contribution in [3.8, 4) is 0 Å². The van der Waals surface area contributed by atoms with Crippen molar-refractivity contribution in [3.05, 3.63) is 29.3 Å². The summed E-state index contributed by atoms with van der Waals surface area (Å²) in [7, 11) is 0. The molecule has 2 amide bonds. The van der Waals surface area contributed by atoms with Crippen LogP contribution < -0.4 is 10.6 Å². The fourth-order valence-electron chi connectivity index (χ4n) is 1.95. The van der Waals surface area contributed by atoms with E-state index in [1.54, 1.807) is 11.8 Å². The van der Waals surface area contributed by atoms with Crippen LogP contribution in [0.4, 0.5) is 0 Å². The van der Waals surface area contributed by atoms with Crippen molar-refractivity contribution in [2.24, 2.45) is 0 Å². The quantitative estimate of drug-likeness (QED) is 0.820. The molecule has 1 aromatic carbocycles. The van der Waals surface area contributed by atoms with Crippen LogP contribution in [-0.2, 0) is 9.59 Å². The Balaban J connectivity index is 1.65. The van der Waals surface area contributed by atoms with Gasteiger partial charge in [0.15, 0.2) is 0 Å². The molecular formula is C14H17ClN2O2S. The van der Waals surface area contributed by atoms with Crippen molar-refractivity contribution in [1.82, 2.24) is 10.6 Å². The Bertz CT molecular complexity index is 469. The second-order valence-corrected chi connectivity index (χ2v) is 6.26. The van der Waals surface area contributed by atoms with Gasteiger partial charge in [-0.05, 0) is 30.7 Å². The molecule has 4 nitrogen and oxygen atoms in total. The minimum atomic E-state index is 0.0348. The van der Waals surface area contributed by atoms with Gasteiger partial charge in [0, 0.05) is 41.1 Å². The number of carbonyl (C=O) groups is 2. The molecule has 0 radical (unpaired) electrons. The van der Waals surface area contributed by atoms with Crippen molar-refractivity contribution in [2.75, 3.05) is 12.3 Å².